The molecule has 4 aliphatic heterocycles. The van der Waals surface area contributed by atoms with Crippen LogP contribution in [-0.2, 0) is 0 Å². The van der Waals surface area contributed by atoms with Crippen LogP contribution in [-0.4, -0.2) is 60.8 Å². The van der Waals surface area contributed by atoms with Gasteiger partial charge in [-0.25, -0.2) is 4.79 Å². The van der Waals surface area contributed by atoms with Gasteiger partial charge in [0.15, 0.2) is 11.5 Å². The lowest BCUT2D eigenvalue weighted by Gasteiger charge is -2.54. The van der Waals surface area contributed by atoms with Crippen LogP contribution in [0.15, 0.2) is 29.8 Å². The maximum absolute atomic E-state index is 13.4. The maximum atomic E-state index is 13.4. The molecule has 4 heterocycles. The van der Waals surface area contributed by atoms with Crippen LogP contribution in [0.1, 0.15) is 44.9 Å². The van der Waals surface area contributed by atoms with Gasteiger partial charge in [-0.2, -0.15) is 0 Å². The first-order valence-electron chi connectivity index (χ1n) is 12.2. The molecule has 0 saturated carbocycles. The number of ether oxygens (including phenoxy) is 2. The van der Waals surface area contributed by atoms with Crippen molar-refractivity contribution < 1.29 is 14.3 Å². The lowest BCUT2D eigenvalue weighted by molar-refractivity contribution is 0.00908. The summed E-state index contributed by atoms with van der Waals surface area (Å²) < 4.78 is 11.5. The molecule has 2 bridgehead atoms. The molecule has 31 heavy (non-hydrogen) atoms. The summed E-state index contributed by atoms with van der Waals surface area (Å²) in [5.74, 6) is 2.73. The van der Waals surface area contributed by atoms with Gasteiger partial charge in [0.25, 0.3) is 0 Å². The van der Waals surface area contributed by atoms with Crippen molar-refractivity contribution in [3.05, 3.63) is 29.8 Å². The summed E-state index contributed by atoms with van der Waals surface area (Å²) in [5, 5.41) is 3.16. The Hall–Kier alpha value is -2.21. The lowest BCUT2D eigenvalue weighted by atomic mass is 9.68. The molecule has 0 aromatic heterocycles. The van der Waals surface area contributed by atoms with Crippen molar-refractivity contribution in [1.29, 1.82) is 0 Å². The van der Waals surface area contributed by atoms with Crippen molar-refractivity contribution in [3.63, 3.8) is 0 Å². The van der Waals surface area contributed by atoms with Crippen molar-refractivity contribution in [1.82, 2.24) is 9.80 Å². The van der Waals surface area contributed by atoms with E-state index in [1.165, 1.54) is 37.8 Å². The molecule has 166 valence electrons. The number of hydrogen-bond acceptors (Lipinski definition) is 4. The number of carbonyl (C=O) groups is 1. The number of fused-ring (bicyclic) bond motifs is 7. The van der Waals surface area contributed by atoms with Gasteiger partial charge in [-0.05, 0) is 62.6 Å². The molecule has 1 aliphatic carbocycles. The monoisotopic (exact) mass is 423 g/mol. The minimum atomic E-state index is 0.0179. The van der Waals surface area contributed by atoms with Crippen molar-refractivity contribution in [2.24, 2.45) is 11.8 Å². The Morgan fingerprint density at radius 1 is 1.03 bits per heavy atom. The Labute approximate surface area is 184 Å². The normalized spacial score (nSPS) is 32.3. The number of amides is 2. The third kappa shape index (κ3) is 3.59. The second-order valence-electron chi connectivity index (χ2n) is 9.84. The Bertz CT molecular complexity index is 885. The number of rotatable bonds is 1. The number of urea groups is 1. The minimum absolute atomic E-state index is 0.0179. The Morgan fingerprint density at radius 2 is 1.94 bits per heavy atom. The number of benzene rings is 1. The fourth-order valence-corrected chi connectivity index (χ4v) is 6.64. The van der Waals surface area contributed by atoms with Crippen LogP contribution in [0, 0.1) is 11.8 Å². The van der Waals surface area contributed by atoms with Crippen molar-refractivity contribution in [2.75, 3.05) is 38.2 Å². The van der Waals surface area contributed by atoms with Gasteiger partial charge in [0.2, 0.25) is 0 Å². The maximum Gasteiger partial charge on any atom is 0.322 e. The van der Waals surface area contributed by atoms with Crippen molar-refractivity contribution in [2.45, 2.75) is 57.0 Å². The fraction of sp³-hybridized carbons (Fsp3) is 0.640. The first-order chi connectivity index (χ1) is 15.3. The second kappa shape index (κ2) is 8.05. The smallest absolute Gasteiger partial charge is 0.322 e. The number of anilines is 1. The summed E-state index contributed by atoms with van der Waals surface area (Å²) in [6.45, 7) is 4.54. The molecule has 6 heteroatoms. The first-order valence-corrected chi connectivity index (χ1v) is 12.2. The highest BCUT2D eigenvalue weighted by Crippen LogP contribution is 2.45. The van der Waals surface area contributed by atoms with E-state index < -0.39 is 0 Å². The fourth-order valence-electron chi connectivity index (χ4n) is 6.64. The summed E-state index contributed by atoms with van der Waals surface area (Å²) in [5.41, 5.74) is 2.30. The van der Waals surface area contributed by atoms with Gasteiger partial charge in [0.05, 0.1) is 19.3 Å². The van der Waals surface area contributed by atoms with Gasteiger partial charge in [-0.15, -0.1) is 0 Å². The summed E-state index contributed by atoms with van der Waals surface area (Å²) >= 11 is 0. The summed E-state index contributed by atoms with van der Waals surface area (Å²) in [6, 6.07) is 6.74. The topological polar surface area (TPSA) is 54.0 Å². The van der Waals surface area contributed by atoms with Gasteiger partial charge in [-0.3, -0.25) is 4.90 Å². The SMILES string of the molecule is O=C(Nc1ccc2c(c1)OCCCO2)N1CCCC2=C[C@H]3C[C@@H](CN4CCCC[C@H]34)[C@@H]21. The van der Waals surface area contributed by atoms with E-state index in [0.717, 1.165) is 55.6 Å². The van der Waals surface area contributed by atoms with Gasteiger partial charge in [0, 0.05) is 37.3 Å². The second-order valence-corrected chi connectivity index (χ2v) is 9.84. The zero-order chi connectivity index (χ0) is 20.8. The van der Waals surface area contributed by atoms with Gasteiger partial charge in [0.1, 0.15) is 0 Å². The minimum Gasteiger partial charge on any atom is -0.490 e. The van der Waals surface area contributed by atoms with Crippen LogP contribution >= 0.6 is 0 Å². The van der Waals surface area contributed by atoms with E-state index in [1.54, 1.807) is 0 Å². The predicted octanol–water partition coefficient (Wildman–Crippen LogP) is 4.27. The van der Waals surface area contributed by atoms with Crippen LogP contribution in [0.5, 0.6) is 11.5 Å². The summed E-state index contributed by atoms with van der Waals surface area (Å²) in [4.78, 5) is 18.2. The van der Waals surface area contributed by atoms with Gasteiger partial charge in [-0.1, -0.05) is 18.1 Å². The number of piperidine rings is 3. The molecule has 3 fully saturated rings. The zero-order valence-corrected chi connectivity index (χ0v) is 18.2. The number of likely N-dealkylation sites (tertiary alicyclic amines) is 1. The summed E-state index contributed by atoms with van der Waals surface area (Å²) in [6.07, 6.45) is 10.9. The molecular weight excluding hydrogens is 390 g/mol. The third-order valence-electron chi connectivity index (χ3n) is 7.92. The van der Waals surface area contributed by atoms with Gasteiger partial charge >= 0.3 is 6.03 Å². The van der Waals surface area contributed by atoms with E-state index in [-0.39, 0.29) is 12.1 Å². The van der Waals surface area contributed by atoms with Crippen LogP contribution < -0.4 is 14.8 Å². The average Bonchev–Trinajstić information content (AvgIpc) is 3.04. The number of nitrogens with zero attached hydrogens (tertiary/aromatic N) is 2. The van der Waals surface area contributed by atoms with E-state index in [0.29, 0.717) is 25.0 Å². The number of carbonyl (C=O) groups excluding carboxylic acids is 1. The highest BCUT2D eigenvalue weighted by Gasteiger charge is 2.46. The molecule has 1 N–H and O–H groups in total. The largest absolute Gasteiger partial charge is 0.490 e. The quantitative estimate of drug-likeness (QED) is 0.686. The van der Waals surface area contributed by atoms with Crippen LogP contribution in [0.3, 0.4) is 0 Å². The van der Waals surface area contributed by atoms with Crippen LogP contribution in [0.25, 0.3) is 0 Å². The molecule has 0 unspecified atom stereocenters. The molecule has 5 aliphatic rings. The standard InChI is InChI=1S/C25H33N3O3/c29-25(26-20-7-8-22-23(15-20)31-12-4-11-30-22)28-10-3-5-17-13-18-14-19(24(17)28)16-27-9-2-1-6-21(18)27/h7-8,13,15,18-19,21,24H,1-6,9-12,14,16H2,(H,26,29)/t18-,19-,21+,24+/m0/s1. The number of hydrogen-bond donors (Lipinski definition) is 1. The zero-order valence-electron chi connectivity index (χ0n) is 18.2. The van der Waals surface area contributed by atoms with E-state index in [2.05, 4.69) is 21.2 Å². The van der Waals surface area contributed by atoms with Crippen molar-refractivity contribution in [3.8, 4) is 11.5 Å². The Kier molecular flexibility index (Phi) is 5.05. The van der Waals surface area contributed by atoms with Crippen LogP contribution in [0.4, 0.5) is 10.5 Å². The molecule has 1 aromatic rings. The molecule has 0 radical (unpaired) electrons. The molecule has 3 saturated heterocycles. The van der Waals surface area contributed by atoms with Crippen molar-refractivity contribution >= 4 is 11.7 Å². The van der Waals surface area contributed by atoms with E-state index in [4.69, 9.17) is 9.47 Å². The molecule has 6 nitrogen and oxygen atoms in total. The van der Waals surface area contributed by atoms with Gasteiger partial charge < -0.3 is 19.7 Å². The summed E-state index contributed by atoms with van der Waals surface area (Å²) in [7, 11) is 0. The Morgan fingerprint density at radius 3 is 2.87 bits per heavy atom. The average molecular weight is 424 g/mol. The molecule has 4 atom stereocenters. The first kappa shape index (κ1) is 19.5. The molecule has 0 spiro atoms. The predicted molar refractivity (Wildman–Crippen MR) is 120 cm³/mol. The number of nitrogens with one attached hydrogen (secondary N) is 1. The highest BCUT2D eigenvalue weighted by atomic mass is 16.5. The highest BCUT2D eigenvalue weighted by molar-refractivity contribution is 5.90. The third-order valence-corrected chi connectivity index (χ3v) is 7.92. The van der Waals surface area contributed by atoms with E-state index >= 15 is 0 Å². The Balaban J connectivity index is 1.22. The molecular formula is C25H33N3O3. The van der Waals surface area contributed by atoms with Crippen LogP contribution in [0.2, 0.25) is 0 Å². The lowest BCUT2D eigenvalue weighted by Crippen LogP contribution is -2.60. The molecule has 2 amide bonds. The molecule has 1 aromatic carbocycles. The van der Waals surface area contributed by atoms with E-state index in [9.17, 15) is 4.79 Å². The van der Waals surface area contributed by atoms with E-state index in [1.807, 2.05) is 18.2 Å². The molecule has 6 rings (SSSR count).